The molecule has 18 heteroatoms. The van der Waals surface area contributed by atoms with Gasteiger partial charge in [0.05, 0.1) is 10.2 Å². The summed E-state index contributed by atoms with van der Waals surface area (Å²) in [7, 11) is 0. The Balaban J connectivity index is -0.00000000257. The molecule has 0 aromatic carbocycles. The van der Waals surface area contributed by atoms with Crippen LogP contribution in [0.3, 0.4) is 0 Å². The largest absolute Gasteiger partial charge is 2.00 e. The van der Waals surface area contributed by atoms with Crippen LogP contribution in [0.4, 0.5) is 0 Å². The van der Waals surface area contributed by atoms with Crippen molar-refractivity contribution in [2.24, 2.45) is 0 Å². The Morgan fingerprint density at radius 1 is 0.444 bits per heavy atom. The molecule has 120 valence electrons. The summed E-state index contributed by atoms with van der Waals surface area (Å²) in [5.74, 6) is 0. The van der Waals surface area contributed by atoms with E-state index in [0.29, 0.717) is 0 Å². The van der Waals surface area contributed by atoms with Crippen molar-refractivity contribution in [1.29, 1.82) is 0 Å². The van der Waals surface area contributed by atoms with Crippen LogP contribution in [0.2, 0.25) is 0 Å². The summed E-state index contributed by atoms with van der Waals surface area (Å²) < 4.78 is 0. The van der Waals surface area contributed by atoms with Crippen LogP contribution in [0, 0.1) is 30.6 Å². The van der Waals surface area contributed by atoms with E-state index in [1.807, 2.05) is 0 Å². The first-order chi connectivity index (χ1) is 3.46. The van der Waals surface area contributed by atoms with Crippen molar-refractivity contribution in [3.8, 4) is 0 Å². The quantitative estimate of drug-likeness (QED) is 0.231. The zero-order chi connectivity index (χ0) is 7.15. The minimum Gasteiger partial charge on any atom is -0.412 e. The van der Waals surface area contributed by atoms with Gasteiger partial charge in [0.2, 0.25) is 0 Å². The first-order valence-electron chi connectivity index (χ1n) is 1.10. The molecule has 0 saturated heterocycles. The van der Waals surface area contributed by atoms with E-state index in [2.05, 4.69) is 0 Å². The van der Waals surface area contributed by atoms with Crippen molar-refractivity contribution in [3.05, 3.63) is 30.6 Å². The first-order valence-corrected chi connectivity index (χ1v) is 1.10. The fraction of sp³-hybridized carbons (Fsp3) is 0. The van der Waals surface area contributed by atoms with Crippen LogP contribution in [0.15, 0.2) is 0 Å². The van der Waals surface area contributed by atoms with Crippen molar-refractivity contribution in [1.82, 2.24) is 0 Å². The summed E-state index contributed by atoms with van der Waals surface area (Å²) in [6, 6.07) is 0. The molecule has 18 heavy (non-hydrogen) atoms. The van der Waals surface area contributed by atoms with E-state index in [1.54, 1.807) is 0 Å². The van der Waals surface area contributed by atoms with Crippen molar-refractivity contribution in [3.63, 3.8) is 0 Å². The molecule has 0 aliphatic heterocycles. The van der Waals surface area contributed by atoms with Crippen LogP contribution in [0.25, 0.3) is 0 Å². The Labute approximate surface area is 110 Å². The monoisotopic (exact) mass is 350 g/mol. The fourth-order valence-electron chi connectivity index (χ4n) is 0. The third-order valence-electron chi connectivity index (χ3n) is 0. The predicted octanol–water partition coefficient (Wildman–Crippen LogP) is -7.90. The summed E-state index contributed by atoms with van der Waals surface area (Å²) in [6.45, 7) is 0. The number of rotatable bonds is 0. The molecule has 0 amide bonds. The van der Waals surface area contributed by atoms with Gasteiger partial charge in [0.25, 0.3) is 0 Å². The van der Waals surface area contributed by atoms with Crippen LogP contribution in [-0.4, -0.2) is 59.5 Å². The maximum absolute atomic E-state index is 8.25. The van der Waals surface area contributed by atoms with Crippen molar-refractivity contribution < 1.29 is 78.9 Å². The molecule has 0 saturated carbocycles. The van der Waals surface area contributed by atoms with Crippen molar-refractivity contribution >= 4 is 0 Å². The van der Waals surface area contributed by atoms with E-state index in [9.17, 15) is 0 Å². The minimum absolute atomic E-state index is 0. The molecular weight excluding hydrogens is 333 g/mol. The summed E-state index contributed by atoms with van der Waals surface area (Å²) >= 11 is 0. The normalized spacial score (nSPS) is 2.67. The average Bonchev–Trinajstić information content (AvgIpc) is 1.25. The number of hydrogen-bond donors (Lipinski definition) is 0. The van der Waals surface area contributed by atoms with Gasteiger partial charge in [0.15, 0.2) is 0 Å². The van der Waals surface area contributed by atoms with E-state index in [1.165, 1.54) is 0 Å². The van der Waals surface area contributed by atoms with E-state index < -0.39 is 10.2 Å². The molecule has 0 heterocycles. The first kappa shape index (κ1) is 188. The van der Waals surface area contributed by atoms with Gasteiger partial charge in [-0.1, -0.05) is 0 Å². The number of nitrogens with zero attached hydrogens (tertiary/aromatic N) is 2. The standard InChI is InChI=1S/2NO3.9H2O.Zn/c2*2-1(3)4;;;;;;;;;;/h;;9*1H2;/q2*-1;;;;;;;;;;+2. The van der Waals surface area contributed by atoms with Crippen molar-refractivity contribution in [2.45, 2.75) is 0 Å². The molecule has 0 fully saturated rings. The molecule has 0 aromatic rings. The van der Waals surface area contributed by atoms with Crippen LogP contribution in [-0.2, 0) is 19.5 Å². The minimum atomic E-state index is -1.75. The number of hydrogen-bond acceptors (Lipinski definition) is 6. The van der Waals surface area contributed by atoms with Gasteiger partial charge in [-0.3, -0.25) is 0 Å². The second kappa shape index (κ2) is 155. The van der Waals surface area contributed by atoms with Gasteiger partial charge < -0.3 is 79.9 Å². The molecule has 17 nitrogen and oxygen atoms in total. The smallest absolute Gasteiger partial charge is 0.412 e. The SMILES string of the molecule is O.O.O.O.O.O.O.O.O.O=[N+]([O-])[O-].O=[N+]([O-])[O-].[Zn+2]. The Morgan fingerprint density at radius 3 is 0.444 bits per heavy atom. The van der Waals surface area contributed by atoms with E-state index >= 15 is 0 Å². The summed E-state index contributed by atoms with van der Waals surface area (Å²) in [6.07, 6.45) is 0. The van der Waals surface area contributed by atoms with Crippen LogP contribution in [0.5, 0.6) is 0 Å². The average molecular weight is 352 g/mol. The topological polar surface area (TPSA) is 416 Å². The van der Waals surface area contributed by atoms with E-state index in [0.717, 1.165) is 0 Å². The Kier molecular flexibility index (Phi) is 1620. The molecule has 0 unspecified atom stereocenters. The van der Waals surface area contributed by atoms with Gasteiger partial charge in [-0.15, -0.1) is 0 Å². The molecule has 0 aliphatic rings. The summed E-state index contributed by atoms with van der Waals surface area (Å²) in [5, 5.41) is 29.5. The summed E-state index contributed by atoms with van der Waals surface area (Å²) in [5.41, 5.74) is 0. The maximum atomic E-state index is 8.25. The molecule has 18 N–H and O–H groups in total. The zero-order valence-corrected chi connectivity index (χ0v) is 11.5. The van der Waals surface area contributed by atoms with Crippen LogP contribution in [0.1, 0.15) is 0 Å². The predicted molar refractivity (Wildman–Crippen MR) is 53.2 cm³/mol. The van der Waals surface area contributed by atoms with Gasteiger partial charge >= 0.3 is 19.5 Å². The van der Waals surface area contributed by atoms with Gasteiger partial charge in [-0.25, -0.2) is 0 Å². The molecule has 0 atom stereocenters. The molecule has 0 aliphatic carbocycles. The third kappa shape index (κ3) is 1530. The Hall–Kier alpha value is -1.34. The zero-order valence-electron chi connectivity index (χ0n) is 8.55. The Morgan fingerprint density at radius 2 is 0.444 bits per heavy atom. The second-order valence-electron chi connectivity index (χ2n) is 0.447. The van der Waals surface area contributed by atoms with E-state index in [-0.39, 0.29) is 68.8 Å². The van der Waals surface area contributed by atoms with E-state index in [4.69, 9.17) is 30.6 Å². The van der Waals surface area contributed by atoms with Gasteiger partial charge in [-0.05, 0) is 0 Å². The van der Waals surface area contributed by atoms with Crippen LogP contribution < -0.4 is 0 Å². The molecular formula is H18N2O15Zn. The fourth-order valence-corrected chi connectivity index (χ4v) is 0. The molecule has 0 rings (SSSR count). The second-order valence-corrected chi connectivity index (χ2v) is 0.447. The molecule has 0 bridgehead atoms. The van der Waals surface area contributed by atoms with Crippen molar-refractivity contribution in [2.75, 3.05) is 0 Å². The maximum Gasteiger partial charge on any atom is 2.00 e. The van der Waals surface area contributed by atoms with Crippen LogP contribution >= 0.6 is 0 Å². The summed E-state index contributed by atoms with van der Waals surface area (Å²) in [4.78, 5) is 16.5. The third-order valence-corrected chi connectivity index (χ3v) is 0. The molecule has 0 radical (unpaired) electrons. The van der Waals surface area contributed by atoms with Gasteiger partial charge in [0.1, 0.15) is 0 Å². The van der Waals surface area contributed by atoms with Gasteiger partial charge in [0, 0.05) is 0 Å². The molecule has 0 spiro atoms. The van der Waals surface area contributed by atoms with Gasteiger partial charge in [-0.2, -0.15) is 0 Å². The molecule has 0 aromatic heterocycles. The Bertz CT molecular complexity index is 72.5.